The number of fused-ring (bicyclic) bond motifs is 2. The maximum absolute atomic E-state index is 6.65. The van der Waals surface area contributed by atoms with E-state index < -0.39 is 0 Å². The summed E-state index contributed by atoms with van der Waals surface area (Å²) in [6.07, 6.45) is 6.75. The van der Waals surface area contributed by atoms with E-state index in [1.165, 1.54) is 29.9 Å². The van der Waals surface area contributed by atoms with Crippen LogP contribution >= 0.6 is 11.6 Å². The van der Waals surface area contributed by atoms with Gasteiger partial charge in [0.05, 0.1) is 23.4 Å². The summed E-state index contributed by atoms with van der Waals surface area (Å²) in [6.45, 7) is 8.62. The monoisotopic (exact) mass is 426 g/mol. The lowest BCUT2D eigenvalue weighted by Gasteiger charge is -2.27. The second kappa shape index (κ2) is 8.84. The van der Waals surface area contributed by atoms with Gasteiger partial charge in [0.15, 0.2) is 5.65 Å². The molecule has 0 unspecified atom stereocenters. The smallest absolute Gasteiger partial charge is 0.165 e. The molecule has 1 aromatic carbocycles. The van der Waals surface area contributed by atoms with Gasteiger partial charge in [0.1, 0.15) is 11.6 Å². The second-order valence-corrected chi connectivity index (χ2v) is 8.50. The maximum atomic E-state index is 6.65. The Bertz CT molecular complexity index is 1060. The minimum absolute atomic E-state index is 0.660. The van der Waals surface area contributed by atoms with Crippen LogP contribution in [0.3, 0.4) is 0 Å². The quantitative estimate of drug-likeness (QED) is 0.451. The van der Waals surface area contributed by atoms with E-state index in [4.69, 9.17) is 26.4 Å². The van der Waals surface area contributed by atoms with Gasteiger partial charge < -0.3 is 9.64 Å². The molecule has 1 aliphatic rings. The van der Waals surface area contributed by atoms with Crippen LogP contribution in [0.15, 0.2) is 18.2 Å². The van der Waals surface area contributed by atoms with Crippen LogP contribution in [0, 0.1) is 6.92 Å². The van der Waals surface area contributed by atoms with Gasteiger partial charge in [0.25, 0.3) is 0 Å². The third-order valence-corrected chi connectivity index (χ3v) is 6.27. The Morgan fingerprint density at radius 1 is 1.17 bits per heavy atom. The van der Waals surface area contributed by atoms with Gasteiger partial charge in [0.2, 0.25) is 0 Å². The van der Waals surface area contributed by atoms with Crippen LogP contribution in [0.4, 0.5) is 5.82 Å². The first kappa shape index (κ1) is 21.0. The van der Waals surface area contributed by atoms with E-state index in [-0.39, 0.29) is 0 Å². The van der Waals surface area contributed by atoms with Crippen molar-refractivity contribution in [1.29, 1.82) is 0 Å². The van der Waals surface area contributed by atoms with Crippen LogP contribution in [0.2, 0.25) is 5.02 Å². The maximum Gasteiger partial charge on any atom is 0.165 e. The van der Waals surface area contributed by atoms with Gasteiger partial charge in [-0.2, -0.15) is 9.61 Å². The molecule has 0 amide bonds. The van der Waals surface area contributed by atoms with E-state index in [9.17, 15) is 0 Å². The first-order chi connectivity index (χ1) is 14.6. The minimum atomic E-state index is 0.660. The fourth-order valence-electron chi connectivity index (χ4n) is 4.52. The molecule has 0 saturated heterocycles. The molecule has 0 N–H and O–H groups in total. The van der Waals surface area contributed by atoms with Crippen molar-refractivity contribution < 1.29 is 4.74 Å². The summed E-state index contributed by atoms with van der Waals surface area (Å²) in [5, 5.41) is 5.64. The number of hydrogen-bond donors (Lipinski definition) is 0. The van der Waals surface area contributed by atoms with Gasteiger partial charge in [0, 0.05) is 29.9 Å². The van der Waals surface area contributed by atoms with Crippen molar-refractivity contribution in [2.24, 2.45) is 0 Å². The Morgan fingerprint density at radius 2 is 2.00 bits per heavy atom. The van der Waals surface area contributed by atoms with E-state index in [1.54, 1.807) is 7.11 Å². The SMILES string of the molecule is CCCCN(CCC)c1c2c(nc3c(-c4ccc(OC)cc4Cl)c(C)nn13)CCC2. The zero-order chi connectivity index (χ0) is 21.3. The van der Waals surface area contributed by atoms with E-state index in [2.05, 4.69) is 30.2 Å². The van der Waals surface area contributed by atoms with Crippen LogP contribution in [-0.4, -0.2) is 34.8 Å². The Morgan fingerprint density at radius 3 is 2.70 bits per heavy atom. The first-order valence-corrected chi connectivity index (χ1v) is 11.5. The van der Waals surface area contributed by atoms with Gasteiger partial charge in [-0.15, -0.1) is 0 Å². The van der Waals surface area contributed by atoms with E-state index in [0.29, 0.717) is 5.02 Å². The molecule has 0 fully saturated rings. The summed E-state index contributed by atoms with van der Waals surface area (Å²) in [6, 6.07) is 5.82. The van der Waals surface area contributed by atoms with Crippen LogP contribution in [0.5, 0.6) is 5.75 Å². The molecule has 0 atom stereocenters. The first-order valence-electron chi connectivity index (χ1n) is 11.1. The molecular weight excluding hydrogens is 396 g/mol. The Hall–Kier alpha value is -2.27. The highest BCUT2D eigenvalue weighted by molar-refractivity contribution is 6.33. The molecule has 4 rings (SSSR count). The highest BCUT2D eigenvalue weighted by Crippen LogP contribution is 2.39. The highest BCUT2D eigenvalue weighted by atomic mass is 35.5. The van der Waals surface area contributed by atoms with Crippen LogP contribution in [-0.2, 0) is 12.8 Å². The zero-order valence-corrected chi connectivity index (χ0v) is 19.2. The molecular formula is C24H31ClN4O. The Kier molecular flexibility index (Phi) is 6.19. The van der Waals surface area contributed by atoms with Crippen LogP contribution < -0.4 is 9.64 Å². The van der Waals surface area contributed by atoms with Crippen LogP contribution in [0.25, 0.3) is 16.8 Å². The number of hydrogen-bond acceptors (Lipinski definition) is 4. The third-order valence-electron chi connectivity index (χ3n) is 5.96. The predicted molar refractivity (Wildman–Crippen MR) is 124 cm³/mol. The fraction of sp³-hybridized carbons (Fsp3) is 0.500. The summed E-state index contributed by atoms with van der Waals surface area (Å²) < 4.78 is 7.42. The fourth-order valence-corrected chi connectivity index (χ4v) is 4.79. The molecule has 30 heavy (non-hydrogen) atoms. The van der Waals surface area contributed by atoms with Crippen molar-refractivity contribution in [3.05, 3.63) is 40.2 Å². The van der Waals surface area contributed by atoms with Gasteiger partial charge in [-0.3, -0.25) is 0 Å². The number of aromatic nitrogens is 3. The van der Waals surface area contributed by atoms with Gasteiger partial charge in [-0.25, -0.2) is 4.98 Å². The number of methoxy groups -OCH3 is 1. The van der Waals surface area contributed by atoms with E-state index in [0.717, 1.165) is 67.0 Å². The van der Waals surface area contributed by atoms with E-state index in [1.807, 2.05) is 18.2 Å². The van der Waals surface area contributed by atoms with Crippen molar-refractivity contribution in [1.82, 2.24) is 14.6 Å². The largest absolute Gasteiger partial charge is 0.497 e. The molecule has 160 valence electrons. The number of benzene rings is 1. The molecule has 3 aromatic rings. The molecule has 5 nitrogen and oxygen atoms in total. The molecule has 0 spiro atoms. The van der Waals surface area contributed by atoms with Crippen LogP contribution in [0.1, 0.15) is 56.5 Å². The van der Waals surface area contributed by atoms with Gasteiger partial charge in [-0.1, -0.05) is 31.9 Å². The highest BCUT2D eigenvalue weighted by Gasteiger charge is 2.27. The summed E-state index contributed by atoms with van der Waals surface area (Å²) >= 11 is 6.65. The summed E-state index contributed by atoms with van der Waals surface area (Å²) in [5.41, 5.74) is 6.43. The Balaban J connectivity index is 1.95. The summed E-state index contributed by atoms with van der Waals surface area (Å²) in [7, 11) is 1.65. The Labute approximate surface area is 184 Å². The normalized spacial score (nSPS) is 13.1. The number of anilines is 1. The van der Waals surface area contributed by atoms with Gasteiger partial charge in [-0.05, 0) is 57.2 Å². The lowest BCUT2D eigenvalue weighted by atomic mass is 10.1. The minimum Gasteiger partial charge on any atom is -0.497 e. The second-order valence-electron chi connectivity index (χ2n) is 8.10. The van der Waals surface area contributed by atoms with Gasteiger partial charge >= 0.3 is 0 Å². The predicted octanol–water partition coefficient (Wildman–Crippen LogP) is 5.87. The molecule has 0 aliphatic heterocycles. The number of aryl methyl sites for hydroxylation is 2. The number of halogens is 1. The lowest BCUT2D eigenvalue weighted by molar-refractivity contribution is 0.415. The van der Waals surface area contributed by atoms with Crippen molar-refractivity contribution in [3.63, 3.8) is 0 Å². The number of nitrogens with zero attached hydrogens (tertiary/aromatic N) is 4. The lowest BCUT2D eigenvalue weighted by Crippen LogP contribution is -2.29. The molecule has 0 saturated carbocycles. The van der Waals surface area contributed by atoms with Crippen molar-refractivity contribution in [2.45, 2.75) is 59.3 Å². The van der Waals surface area contributed by atoms with Crippen molar-refractivity contribution in [2.75, 3.05) is 25.1 Å². The average molecular weight is 427 g/mol. The molecule has 2 aromatic heterocycles. The molecule has 0 bridgehead atoms. The molecule has 0 radical (unpaired) electrons. The molecule has 1 aliphatic carbocycles. The zero-order valence-electron chi connectivity index (χ0n) is 18.5. The number of rotatable bonds is 8. The summed E-state index contributed by atoms with van der Waals surface area (Å²) in [5.74, 6) is 1.99. The molecule has 6 heteroatoms. The molecule has 2 heterocycles. The number of unbranched alkanes of at least 4 members (excludes halogenated alkanes) is 1. The van der Waals surface area contributed by atoms with E-state index >= 15 is 0 Å². The van der Waals surface area contributed by atoms with Crippen molar-refractivity contribution in [3.8, 4) is 16.9 Å². The average Bonchev–Trinajstić information content (AvgIpc) is 3.33. The third kappa shape index (κ3) is 3.64. The van der Waals surface area contributed by atoms with Crippen molar-refractivity contribution >= 4 is 23.1 Å². The standard InChI is InChI=1S/C24H31ClN4O/c1-5-7-14-28(13-6-2)24-19-9-8-10-21(19)26-23-22(16(3)27-29(23)24)18-12-11-17(30-4)15-20(18)25/h11-12,15H,5-10,13-14H2,1-4H3. The summed E-state index contributed by atoms with van der Waals surface area (Å²) in [4.78, 5) is 7.63. The topological polar surface area (TPSA) is 42.7 Å². The number of ether oxygens (including phenoxy) is 1.